The summed E-state index contributed by atoms with van der Waals surface area (Å²) in [4.78, 5) is 27.8. The zero-order valence-corrected chi connectivity index (χ0v) is 18.6. The molecule has 0 aliphatic carbocycles. The van der Waals surface area contributed by atoms with E-state index in [9.17, 15) is 14.3 Å². The minimum Gasteiger partial charge on any atom is -0.369 e. The van der Waals surface area contributed by atoms with Crippen molar-refractivity contribution in [2.45, 2.75) is 31.7 Å². The van der Waals surface area contributed by atoms with Gasteiger partial charge in [-0.15, -0.1) is 0 Å². The Morgan fingerprint density at radius 2 is 2.18 bits per heavy atom. The molecule has 8 nitrogen and oxygen atoms in total. The number of halogens is 1. The first kappa shape index (κ1) is 21.7. The molecule has 1 amide bonds. The normalized spacial score (nSPS) is 22.2. The van der Waals surface area contributed by atoms with Crippen LogP contribution in [0, 0.1) is 5.82 Å². The van der Waals surface area contributed by atoms with Gasteiger partial charge in [-0.2, -0.15) is 0 Å². The Morgan fingerprint density at radius 3 is 3.03 bits per heavy atom. The van der Waals surface area contributed by atoms with Gasteiger partial charge in [-0.05, 0) is 61.0 Å². The molecule has 0 bridgehead atoms. The van der Waals surface area contributed by atoms with E-state index in [2.05, 4.69) is 30.5 Å². The summed E-state index contributed by atoms with van der Waals surface area (Å²) in [5.74, 6) is 0.363. The molecular weight excluding hydrogens is 443 g/mol. The molecule has 33 heavy (non-hydrogen) atoms. The van der Waals surface area contributed by atoms with Crippen LogP contribution in [0.5, 0.6) is 0 Å². The largest absolute Gasteiger partial charge is 0.369 e. The van der Waals surface area contributed by atoms with Gasteiger partial charge in [0, 0.05) is 42.2 Å². The molecule has 3 aromatic rings. The number of aliphatic hydroxyl groups is 1. The number of benzene rings is 1. The molecule has 1 aromatic carbocycles. The third-order valence-corrected chi connectivity index (χ3v) is 6.55. The number of fused-ring (bicyclic) bond motifs is 1. The van der Waals surface area contributed by atoms with Gasteiger partial charge in [-0.3, -0.25) is 9.78 Å². The smallest absolute Gasteiger partial charge is 0.285 e. The molecule has 2 aliphatic rings. The van der Waals surface area contributed by atoms with E-state index in [4.69, 9.17) is 0 Å². The van der Waals surface area contributed by atoms with E-state index in [-0.39, 0.29) is 17.1 Å². The monoisotopic (exact) mass is 466 g/mol. The predicted octanol–water partition coefficient (Wildman–Crippen LogP) is 3.04. The van der Waals surface area contributed by atoms with Crippen molar-refractivity contribution < 1.29 is 14.3 Å². The molecule has 3 N–H and O–H groups in total. The number of rotatable bonds is 5. The topological polar surface area (TPSA) is 103 Å². The van der Waals surface area contributed by atoms with Crippen LogP contribution in [0.1, 0.15) is 24.2 Å². The van der Waals surface area contributed by atoms with E-state index >= 15 is 0 Å². The molecule has 2 atom stereocenters. The fourth-order valence-corrected chi connectivity index (χ4v) is 4.77. The summed E-state index contributed by atoms with van der Waals surface area (Å²) in [7, 11) is 0. The van der Waals surface area contributed by atoms with E-state index < -0.39 is 6.23 Å². The molecule has 0 radical (unpaired) electrons. The van der Waals surface area contributed by atoms with Gasteiger partial charge in [0.1, 0.15) is 5.82 Å². The van der Waals surface area contributed by atoms with Gasteiger partial charge in [0.05, 0.1) is 16.9 Å². The molecule has 0 spiro atoms. The van der Waals surface area contributed by atoms with Crippen LogP contribution in [0.2, 0.25) is 0 Å². The average molecular weight is 467 g/mol. The number of amides is 1. The fraction of sp³-hybridized carbons (Fsp3) is 0.304. The number of thioether (sulfide) groups is 1. The first-order valence-electron chi connectivity index (χ1n) is 10.8. The highest BCUT2D eigenvalue weighted by Crippen LogP contribution is 2.28. The van der Waals surface area contributed by atoms with Crippen LogP contribution < -0.4 is 15.5 Å². The molecule has 170 valence electrons. The number of carbonyl (C=O) groups excluding carboxylic acids is 1. The van der Waals surface area contributed by atoms with Crippen molar-refractivity contribution in [3.05, 3.63) is 64.7 Å². The lowest BCUT2D eigenvalue weighted by Gasteiger charge is -2.33. The maximum Gasteiger partial charge on any atom is 0.285 e. The van der Waals surface area contributed by atoms with Crippen LogP contribution in [0.3, 0.4) is 0 Å². The van der Waals surface area contributed by atoms with E-state index in [0.717, 1.165) is 54.3 Å². The molecule has 10 heteroatoms. The van der Waals surface area contributed by atoms with E-state index in [1.54, 1.807) is 24.4 Å². The Balaban J connectivity index is 1.23. The van der Waals surface area contributed by atoms with Gasteiger partial charge < -0.3 is 20.6 Å². The number of carbonyl (C=O) groups is 1. The van der Waals surface area contributed by atoms with Gasteiger partial charge in [-0.25, -0.2) is 14.4 Å². The van der Waals surface area contributed by atoms with Crippen molar-refractivity contribution in [2.75, 3.05) is 18.0 Å². The maximum atomic E-state index is 13.4. The minimum atomic E-state index is -0.993. The highest BCUT2D eigenvalue weighted by atomic mass is 32.2. The number of pyridine rings is 1. The van der Waals surface area contributed by atoms with E-state index in [1.807, 2.05) is 12.1 Å². The molecule has 4 heterocycles. The fourth-order valence-electron chi connectivity index (χ4n) is 4.04. The van der Waals surface area contributed by atoms with E-state index in [1.165, 1.54) is 12.1 Å². The van der Waals surface area contributed by atoms with Crippen LogP contribution in [0.15, 0.2) is 47.5 Å². The Labute approximate surface area is 194 Å². The second kappa shape index (κ2) is 9.42. The summed E-state index contributed by atoms with van der Waals surface area (Å²) in [6.45, 7) is 2.24. The molecule has 2 aromatic heterocycles. The second-order valence-corrected chi connectivity index (χ2v) is 9.12. The Morgan fingerprint density at radius 1 is 1.27 bits per heavy atom. The Bertz CT molecular complexity index is 1220. The number of nitrogens with zero attached hydrogens (tertiary/aromatic N) is 4. The van der Waals surface area contributed by atoms with Crippen molar-refractivity contribution in [1.82, 2.24) is 25.6 Å². The van der Waals surface area contributed by atoms with Crippen molar-refractivity contribution in [3.8, 4) is 0 Å². The number of hydrogen-bond donors (Lipinski definition) is 3. The third-order valence-electron chi connectivity index (χ3n) is 5.67. The summed E-state index contributed by atoms with van der Waals surface area (Å²) in [6, 6.07) is 10.4. The third kappa shape index (κ3) is 5.13. The molecule has 2 saturated heterocycles. The van der Waals surface area contributed by atoms with Gasteiger partial charge in [0.25, 0.3) is 5.24 Å². The highest BCUT2D eigenvalue weighted by molar-refractivity contribution is 8.17. The van der Waals surface area contributed by atoms with Gasteiger partial charge >= 0.3 is 0 Å². The van der Waals surface area contributed by atoms with Gasteiger partial charge in [-0.1, -0.05) is 6.07 Å². The first-order chi connectivity index (χ1) is 16.0. The number of nitrogens with one attached hydrogen (secondary N) is 2. The summed E-state index contributed by atoms with van der Waals surface area (Å²) in [6.07, 6.45) is 4.44. The number of piperidine rings is 1. The number of aliphatic hydroxyl groups excluding tert-OH is 1. The van der Waals surface area contributed by atoms with Crippen molar-refractivity contribution in [3.63, 3.8) is 0 Å². The number of hydrogen-bond acceptors (Lipinski definition) is 8. The SMILES string of the molecule is O=C1NC(O)/C(=C/c2ccnc(N3CCC[C@H](NCc4ccc5cc(F)ccc5n4)C3)n2)S1. The molecular formula is C23H23FN6O2S. The van der Waals surface area contributed by atoms with Gasteiger partial charge in [0.15, 0.2) is 6.23 Å². The quantitative estimate of drug-likeness (QED) is 0.527. The van der Waals surface area contributed by atoms with E-state index in [0.29, 0.717) is 23.1 Å². The molecule has 1 unspecified atom stereocenters. The predicted molar refractivity (Wildman–Crippen MR) is 126 cm³/mol. The number of anilines is 1. The molecule has 0 saturated carbocycles. The highest BCUT2D eigenvalue weighted by Gasteiger charge is 2.26. The van der Waals surface area contributed by atoms with Crippen LogP contribution in [0.4, 0.5) is 15.1 Å². The maximum absolute atomic E-state index is 13.4. The van der Waals surface area contributed by atoms with Crippen LogP contribution in [-0.4, -0.2) is 50.7 Å². The Hall–Kier alpha value is -3.08. The standard InChI is InChI=1S/C23H23FN6O2S/c24-15-4-6-19-14(10-15)3-5-17(27-19)12-26-18-2-1-9-30(13-18)22-25-8-7-16(28-22)11-20-21(31)29-23(32)33-20/h3-8,10-11,18,21,26,31H,1-2,9,12-13H2,(H,29,32)/b20-11-/t18-,21?/m0/s1. The lowest BCUT2D eigenvalue weighted by molar-refractivity contribution is 0.192. The van der Waals surface area contributed by atoms with Crippen molar-refractivity contribution >= 4 is 39.9 Å². The van der Waals surface area contributed by atoms with Crippen molar-refractivity contribution in [1.29, 1.82) is 0 Å². The summed E-state index contributed by atoms with van der Waals surface area (Å²) >= 11 is 0.969. The minimum absolute atomic E-state index is 0.254. The Kier molecular flexibility index (Phi) is 6.21. The first-order valence-corrected chi connectivity index (χ1v) is 11.6. The van der Waals surface area contributed by atoms with Gasteiger partial charge in [0.2, 0.25) is 5.95 Å². The second-order valence-electron chi connectivity index (χ2n) is 8.07. The lowest BCUT2D eigenvalue weighted by atomic mass is 10.1. The van der Waals surface area contributed by atoms with Crippen LogP contribution >= 0.6 is 11.8 Å². The summed E-state index contributed by atoms with van der Waals surface area (Å²) in [5.41, 5.74) is 2.33. The van der Waals surface area contributed by atoms with Crippen molar-refractivity contribution in [2.24, 2.45) is 0 Å². The summed E-state index contributed by atoms with van der Waals surface area (Å²) in [5, 5.41) is 16.4. The van der Waals surface area contributed by atoms with Crippen LogP contribution in [-0.2, 0) is 6.54 Å². The molecule has 2 aliphatic heterocycles. The van der Waals surface area contributed by atoms with Crippen LogP contribution in [0.25, 0.3) is 17.0 Å². The average Bonchev–Trinajstić information content (AvgIpc) is 3.14. The lowest BCUT2D eigenvalue weighted by Crippen LogP contribution is -2.46. The molecule has 2 fully saturated rings. The molecule has 5 rings (SSSR count). The zero-order chi connectivity index (χ0) is 22.8. The summed E-state index contributed by atoms with van der Waals surface area (Å²) < 4.78 is 13.4. The zero-order valence-electron chi connectivity index (χ0n) is 17.7. The number of aromatic nitrogens is 3.